The van der Waals surface area contributed by atoms with Crippen LogP contribution >= 0.6 is 0 Å². The maximum Gasteiger partial charge on any atom is 0.333 e. The molecule has 15 heteroatoms. The standard InChI is InChI=1S/C17H19N5O9S/c18-20-19-12-8-7-11(13(9-12)22(26)27)5-3-1-2-4-6-16(24)31-21-15(23)10-14(17(21)25)32(28,29)30/h7-9,14H,1-6,10H2,(H,28,29,30). The third-order valence-corrected chi connectivity index (χ3v) is 5.70. The first-order valence-electron chi connectivity index (χ1n) is 9.41. The predicted molar refractivity (Wildman–Crippen MR) is 107 cm³/mol. The van der Waals surface area contributed by atoms with Gasteiger partial charge in [-0.25, -0.2) is 4.79 Å². The molecule has 1 N–H and O–H groups in total. The van der Waals surface area contributed by atoms with E-state index >= 15 is 0 Å². The van der Waals surface area contributed by atoms with Crippen LogP contribution in [0.1, 0.15) is 44.1 Å². The van der Waals surface area contributed by atoms with E-state index in [2.05, 4.69) is 14.9 Å². The quantitative estimate of drug-likeness (QED) is 0.0736. The summed E-state index contributed by atoms with van der Waals surface area (Å²) < 4.78 is 31.0. The van der Waals surface area contributed by atoms with Gasteiger partial charge in [0.2, 0.25) is 0 Å². The number of unbranched alkanes of at least 4 members (excludes halogenated alkanes) is 3. The lowest BCUT2D eigenvalue weighted by Gasteiger charge is -2.13. The highest BCUT2D eigenvalue weighted by atomic mass is 32.2. The topological polar surface area (TPSA) is 210 Å². The van der Waals surface area contributed by atoms with Crippen molar-refractivity contribution in [2.45, 2.75) is 50.2 Å². The number of amides is 2. The van der Waals surface area contributed by atoms with Gasteiger partial charge in [0.25, 0.3) is 27.6 Å². The number of hydroxylamine groups is 2. The Morgan fingerprint density at radius 3 is 2.59 bits per heavy atom. The van der Waals surface area contributed by atoms with Crippen molar-refractivity contribution in [3.63, 3.8) is 0 Å². The molecular weight excluding hydrogens is 450 g/mol. The molecule has 32 heavy (non-hydrogen) atoms. The summed E-state index contributed by atoms with van der Waals surface area (Å²) in [7, 11) is -4.78. The highest BCUT2D eigenvalue weighted by Gasteiger charge is 2.48. The highest BCUT2D eigenvalue weighted by Crippen LogP contribution is 2.27. The summed E-state index contributed by atoms with van der Waals surface area (Å²) in [6.07, 6.45) is 1.54. The van der Waals surface area contributed by atoms with Crippen molar-refractivity contribution in [1.82, 2.24) is 5.06 Å². The molecule has 1 heterocycles. The van der Waals surface area contributed by atoms with Crippen LogP contribution in [0, 0.1) is 10.1 Å². The molecule has 2 rings (SSSR count). The molecule has 0 saturated carbocycles. The van der Waals surface area contributed by atoms with E-state index in [4.69, 9.17) is 10.1 Å². The number of carbonyl (C=O) groups is 3. The van der Waals surface area contributed by atoms with Crippen LogP contribution in [0.3, 0.4) is 0 Å². The summed E-state index contributed by atoms with van der Waals surface area (Å²) in [5.41, 5.74) is 8.88. The van der Waals surface area contributed by atoms with E-state index in [9.17, 15) is 32.9 Å². The predicted octanol–water partition coefficient (Wildman–Crippen LogP) is 2.50. The van der Waals surface area contributed by atoms with Crippen LogP contribution < -0.4 is 0 Å². The molecule has 0 bridgehead atoms. The summed E-state index contributed by atoms with van der Waals surface area (Å²) in [5.74, 6) is -3.27. The van der Waals surface area contributed by atoms with Gasteiger partial charge in [-0.3, -0.25) is 24.3 Å². The normalized spacial score (nSPS) is 16.0. The number of aryl methyl sites for hydroxylation is 1. The second-order valence-electron chi connectivity index (χ2n) is 6.87. The molecule has 1 saturated heterocycles. The van der Waals surface area contributed by atoms with Crippen molar-refractivity contribution in [3.8, 4) is 0 Å². The Morgan fingerprint density at radius 1 is 1.31 bits per heavy atom. The molecule has 1 aliphatic heterocycles. The van der Waals surface area contributed by atoms with Gasteiger partial charge in [-0.2, -0.15) is 8.42 Å². The van der Waals surface area contributed by atoms with Crippen LogP contribution in [0.2, 0.25) is 0 Å². The number of benzene rings is 1. The summed E-state index contributed by atoms with van der Waals surface area (Å²) in [6.45, 7) is 0. The minimum Gasteiger partial charge on any atom is -0.330 e. The van der Waals surface area contributed by atoms with Crippen molar-refractivity contribution in [2.75, 3.05) is 0 Å². The van der Waals surface area contributed by atoms with Crippen LogP contribution in [0.5, 0.6) is 0 Å². The van der Waals surface area contributed by atoms with Gasteiger partial charge in [0.1, 0.15) is 0 Å². The number of hydrogen-bond donors (Lipinski definition) is 1. The van der Waals surface area contributed by atoms with Crippen molar-refractivity contribution in [3.05, 3.63) is 44.3 Å². The van der Waals surface area contributed by atoms with E-state index in [-0.39, 0.29) is 22.9 Å². The molecule has 14 nitrogen and oxygen atoms in total. The van der Waals surface area contributed by atoms with Gasteiger partial charge in [0, 0.05) is 28.6 Å². The Morgan fingerprint density at radius 2 is 2.00 bits per heavy atom. The second kappa shape index (κ2) is 10.7. The van der Waals surface area contributed by atoms with Crippen LogP contribution in [0.15, 0.2) is 23.3 Å². The average molecular weight is 469 g/mol. The molecule has 0 radical (unpaired) electrons. The van der Waals surface area contributed by atoms with Gasteiger partial charge < -0.3 is 4.84 Å². The second-order valence-corrected chi connectivity index (χ2v) is 8.47. The van der Waals surface area contributed by atoms with Crippen LogP contribution in [-0.2, 0) is 35.8 Å². The van der Waals surface area contributed by atoms with Crippen LogP contribution in [-0.4, -0.2) is 46.0 Å². The maximum atomic E-state index is 11.8. The lowest BCUT2D eigenvalue weighted by molar-refractivity contribution is -0.385. The smallest absolute Gasteiger partial charge is 0.330 e. The van der Waals surface area contributed by atoms with E-state index < -0.39 is 44.5 Å². The minimum absolute atomic E-state index is 0.0555. The van der Waals surface area contributed by atoms with E-state index in [1.54, 1.807) is 0 Å². The highest BCUT2D eigenvalue weighted by molar-refractivity contribution is 7.87. The third kappa shape index (κ3) is 6.47. The van der Waals surface area contributed by atoms with Gasteiger partial charge in [-0.15, -0.1) is 5.06 Å². The van der Waals surface area contributed by atoms with Crippen molar-refractivity contribution >= 4 is 39.3 Å². The lowest BCUT2D eigenvalue weighted by Crippen LogP contribution is -2.36. The fourth-order valence-electron chi connectivity index (χ4n) is 3.04. The summed E-state index contributed by atoms with van der Waals surface area (Å²) in [5, 5.41) is 12.6. The summed E-state index contributed by atoms with van der Waals surface area (Å²) in [4.78, 5) is 53.1. The SMILES string of the molecule is [N-]=[N+]=Nc1ccc(CCCCCCC(=O)ON2C(=O)CC(S(=O)(=O)O)C2=O)c([N+](=O)[O-])c1. The van der Waals surface area contributed by atoms with Gasteiger partial charge in [0.05, 0.1) is 11.3 Å². The maximum absolute atomic E-state index is 11.8. The summed E-state index contributed by atoms with van der Waals surface area (Å²) >= 11 is 0. The van der Waals surface area contributed by atoms with E-state index in [1.807, 2.05) is 0 Å². The molecule has 1 atom stereocenters. The first kappa shape index (κ1) is 24.7. The minimum atomic E-state index is -4.78. The molecule has 1 aliphatic rings. The molecule has 1 fully saturated rings. The molecule has 1 aromatic carbocycles. The molecule has 1 aromatic rings. The number of nitro benzene ring substituents is 1. The fourth-order valence-corrected chi connectivity index (χ4v) is 3.75. The zero-order chi connectivity index (χ0) is 23.9. The Labute approximate surface area is 181 Å². The van der Waals surface area contributed by atoms with Gasteiger partial charge in [0.15, 0.2) is 5.25 Å². The number of carbonyl (C=O) groups excluding carboxylic acids is 3. The monoisotopic (exact) mass is 469 g/mol. The Bertz CT molecular complexity index is 1080. The van der Waals surface area contributed by atoms with Crippen molar-refractivity contribution in [1.29, 1.82) is 0 Å². The first-order valence-corrected chi connectivity index (χ1v) is 10.9. The number of nitro groups is 1. The number of imide groups is 1. The molecular formula is C17H19N5O9S. The Hall–Kier alpha value is -3.55. The van der Waals surface area contributed by atoms with Gasteiger partial charge >= 0.3 is 5.97 Å². The zero-order valence-corrected chi connectivity index (χ0v) is 17.4. The molecule has 1 unspecified atom stereocenters. The van der Waals surface area contributed by atoms with E-state index in [0.717, 1.165) is 0 Å². The summed E-state index contributed by atoms with van der Waals surface area (Å²) in [6, 6.07) is 4.19. The van der Waals surface area contributed by atoms with Crippen LogP contribution in [0.4, 0.5) is 11.4 Å². The average Bonchev–Trinajstić information content (AvgIpc) is 3.00. The number of rotatable bonds is 11. The molecule has 0 spiro atoms. The van der Waals surface area contributed by atoms with Gasteiger partial charge in [-0.1, -0.05) is 30.1 Å². The fraction of sp³-hybridized carbons (Fsp3) is 0.471. The molecule has 172 valence electrons. The zero-order valence-electron chi connectivity index (χ0n) is 16.6. The Kier molecular flexibility index (Phi) is 8.23. The van der Waals surface area contributed by atoms with Gasteiger partial charge in [-0.05, 0) is 24.8 Å². The number of azide groups is 1. The first-order chi connectivity index (χ1) is 15.0. The number of hydrogen-bond acceptors (Lipinski definition) is 9. The third-order valence-electron chi connectivity index (χ3n) is 4.62. The largest absolute Gasteiger partial charge is 0.333 e. The van der Waals surface area contributed by atoms with Crippen molar-refractivity contribution < 1.29 is 37.1 Å². The van der Waals surface area contributed by atoms with Crippen LogP contribution in [0.25, 0.3) is 10.4 Å². The van der Waals surface area contributed by atoms with E-state index in [1.165, 1.54) is 18.2 Å². The number of nitrogens with zero attached hydrogens (tertiary/aromatic N) is 5. The lowest BCUT2D eigenvalue weighted by atomic mass is 10.0. The Balaban J connectivity index is 1.75. The van der Waals surface area contributed by atoms with Crippen molar-refractivity contribution in [2.24, 2.45) is 5.11 Å². The molecule has 2 amide bonds. The molecule has 0 aliphatic carbocycles. The molecule has 0 aromatic heterocycles. The van der Waals surface area contributed by atoms with E-state index in [0.29, 0.717) is 37.7 Å².